The second-order valence-corrected chi connectivity index (χ2v) is 11.0. The lowest BCUT2D eigenvalue weighted by Gasteiger charge is -2.45. The van der Waals surface area contributed by atoms with Crippen LogP contribution in [0.25, 0.3) is 0 Å². The highest BCUT2D eigenvalue weighted by Crippen LogP contribution is 2.40. The number of amides is 2. The smallest absolute Gasteiger partial charge is 0.250 e. The van der Waals surface area contributed by atoms with E-state index >= 15 is 0 Å². The molecule has 0 aromatic heterocycles. The molecular formula is C24H30N4O4S. The van der Waals surface area contributed by atoms with Crippen LogP contribution in [0.4, 0.5) is 11.4 Å². The molecule has 4 rings (SSSR count). The largest absolute Gasteiger partial charge is 0.358 e. The average molecular weight is 471 g/mol. The zero-order chi connectivity index (χ0) is 23.8. The lowest BCUT2D eigenvalue weighted by molar-refractivity contribution is -0.125. The van der Waals surface area contributed by atoms with Crippen LogP contribution in [0.2, 0.25) is 0 Å². The van der Waals surface area contributed by atoms with E-state index in [-0.39, 0.29) is 29.3 Å². The number of fused-ring (bicyclic) bond motifs is 3. The summed E-state index contributed by atoms with van der Waals surface area (Å²) >= 11 is 0. The zero-order valence-electron chi connectivity index (χ0n) is 19.2. The van der Waals surface area contributed by atoms with Crippen molar-refractivity contribution in [3.05, 3.63) is 53.6 Å². The number of hydrogen-bond acceptors (Lipinski definition) is 5. The Morgan fingerprint density at radius 1 is 1.12 bits per heavy atom. The van der Waals surface area contributed by atoms with Crippen LogP contribution in [0.1, 0.15) is 30.4 Å². The van der Waals surface area contributed by atoms with E-state index in [0.29, 0.717) is 12.2 Å². The first-order chi connectivity index (χ1) is 15.7. The Kier molecular flexibility index (Phi) is 6.45. The molecular weight excluding hydrogens is 440 g/mol. The van der Waals surface area contributed by atoms with Gasteiger partial charge in [0.05, 0.1) is 16.3 Å². The molecule has 0 saturated carbocycles. The van der Waals surface area contributed by atoms with Crippen LogP contribution < -0.4 is 15.1 Å². The van der Waals surface area contributed by atoms with E-state index in [2.05, 4.69) is 5.32 Å². The van der Waals surface area contributed by atoms with Crippen molar-refractivity contribution in [3.8, 4) is 0 Å². The van der Waals surface area contributed by atoms with E-state index in [4.69, 9.17) is 0 Å². The summed E-state index contributed by atoms with van der Waals surface area (Å²) in [6.45, 7) is 2.92. The van der Waals surface area contributed by atoms with E-state index < -0.39 is 10.0 Å². The van der Waals surface area contributed by atoms with Gasteiger partial charge in [0.2, 0.25) is 21.8 Å². The first-order valence-corrected chi connectivity index (χ1v) is 12.6. The van der Waals surface area contributed by atoms with Crippen LogP contribution in [0.15, 0.2) is 47.4 Å². The Morgan fingerprint density at radius 3 is 2.64 bits per heavy atom. The molecule has 8 nitrogen and oxygen atoms in total. The van der Waals surface area contributed by atoms with E-state index in [1.807, 2.05) is 36.1 Å². The highest BCUT2D eigenvalue weighted by Gasteiger charge is 2.40. The summed E-state index contributed by atoms with van der Waals surface area (Å²) in [5, 5.41) is 2.89. The van der Waals surface area contributed by atoms with Gasteiger partial charge in [-0.3, -0.25) is 14.5 Å². The zero-order valence-corrected chi connectivity index (χ0v) is 20.1. The number of anilines is 2. The van der Waals surface area contributed by atoms with Gasteiger partial charge < -0.3 is 10.2 Å². The molecule has 2 aliphatic heterocycles. The third-order valence-corrected chi connectivity index (χ3v) is 8.06. The highest BCUT2D eigenvalue weighted by molar-refractivity contribution is 7.89. The summed E-state index contributed by atoms with van der Waals surface area (Å²) < 4.78 is 26.6. The number of rotatable bonds is 6. The van der Waals surface area contributed by atoms with Gasteiger partial charge in [-0.15, -0.1) is 0 Å². The summed E-state index contributed by atoms with van der Waals surface area (Å²) in [6, 6.07) is 12.4. The topological polar surface area (TPSA) is 90.0 Å². The molecule has 1 fully saturated rings. The molecule has 33 heavy (non-hydrogen) atoms. The number of nitrogens with zero attached hydrogens (tertiary/aromatic N) is 3. The number of carbonyl (C=O) groups excluding carboxylic acids is 2. The fraction of sp³-hybridized carbons (Fsp3) is 0.417. The number of aryl methyl sites for hydroxylation is 1. The van der Waals surface area contributed by atoms with Crippen molar-refractivity contribution in [2.75, 3.05) is 37.0 Å². The second kappa shape index (κ2) is 9.15. The first-order valence-electron chi connectivity index (χ1n) is 11.2. The van der Waals surface area contributed by atoms with Crippen LogP contribution in [0.5, 0.6) is 0 Å². The number of hydrogen-bond donors (Lipinski definition) is 1. The van der Waals surface area contributed by atoms with Gasteiger partial charge in [0.1, 0.15) is 12.6 Å². The molecule has 2 aliphatic rings. The third-order valence-electron chi connectivity index (χ3n) is 6.25. The molecule has 1 N–H and O–H groups in total. The van der Waals surface area contributed by atoms with Gasteiger partial charge >= 0.3 is 0 Å². The van der Waals surface area contributed by atoms with Crippen molar-refractivity contribution < 1.29 is 18.0 Å². The van der Waals surface area contributed by atoms with Gasteiger partial charge in [0.15, 0.2) is 0 Å². The lowest BCUT2D eigenvalue weighted by Crippen LogP contribution is -2.57. The number of piperidine rings is 1. The van der Waals surface area contributed by atoms with Crippen molar-refractivity contribution in [3.63, 3.8) is 0 Å². The Hall–Kier alpha value is -2.91. The minimum Gasteiger partial charge on any atom is -0.358 e. The molecule has 0 radical (unpaired) electrons. The third kappa shape index (κ3) is 4.60. The van der Waals surface area contributed by atoms with Crippen LogP contribution >= 0.6 is 0 Å². The molecule has 0 unspecified atom stereocenters. The molecule has 1 saturated heterocycles. The summed E-state index contributed by atoms with van der Waals surface area (Å²) in [5.41, 5.74) is 3.34. The number of nitrogens with one attached hydrogen (secondary N) is 1. The monoisotopic (exact) mass is 470 g/mol. The molecule has 0 bridgehead atoms. The van der Waals surface area contributed by atoms with E-state index in [1.54, 1.807) is 12.1 Å². The predicted molar refractivity (Wildman–Crippen MR) is 128 cm³/mol. The number of carbonyl (C=O) groups is 2. The quantitative estimate of drug-likeness (QED) is 0.700. The van der Waals surface area contributed by atoms with Crippen LogP contribution in [0.3, 0.4) is 0 Å². The van der Waals surface area contributed by atoms with Crippen molar-refractivity contribution in [2.45, 2.75) is 43.7 Å². The SMILES string of the molecule is Cc1cccc(CNC(=O)CN2C(=O)[C@H]3CCCCN3c3ccc(S(=O)(=O)N(C)C)cc32)c1. The molecule has 0 aliphatic carbocycles. The van der Waals surface area contributed by atoms with Crippen LogP contribution in [-0.4, -0.2) is 57.8 Å². The van der Waals surface area contributed by atoms with Crippen LogP contribution in [-0.2, 0) is 26.2 Å². The maximum absolute atomic E-state index is 13.4. The molecule has 2 aromatic carbocycles. The van der Waals surface area contributed by atoms with E-state index in [1.165, 1.54) is 25.1 Å². The van der Waals surface area contributed by atoms with Gasteiger partial charge in [0.25, 0.3) is 0 Å². The Labute approximate surface area is 195 Å². The van der Waals surface area contributed by atoms with Crippen molar-refractivity contribution in [2.24, 2.45) is 0 Å². The Morgan fingerprint density at radius 2 is 1.91 bits per heavy atom. The minimum absolute atomic E-state index is 0.0969. The average Bonchev–Trinajstić information content (AvgIpc) is 2.80. The van der Waals surface area contributed by atoms with Gasteiger partial charge in [-0.2, -0.15) is 0 Å². The van der Waals surface area contributed by atoms with Gasteiger partial charge in [-0.1, -0.05) is 29.8 Å². The van der Waals surface area contributed by atoms with Gasteiger partial charge in [-0.25, -0.2) is 12.7 Å². The molecule has 176 valence electrons. The second-order valence-electron chi connectivity index (χ2n) is 8.83. The van der Waals surface area contributed by atoms with Crippen LogP contribution in [0, 0.1) is 6.92 Å². The maximum Gasteiger partial charge on any atom is 0.250 e. The summed E-state index contributed by atoms with van der Waals surface area (Å²) in [5.74, 6) is -0.451. The summed E-state index contributed by atoms with van der Waals surface area (Å²) in [7, 11) is -0.744. The molecule has 2 amide bonds. The summed E-state index contributed by atoms with van der Waals surface area (Å²) in [6.07, 6.45) is 2.64. The standard InChI is InChI=1S/C24H30N4O4S/c1-17-7-6-8-18(13-17)15-25-23(29)16-28-22-14-19(33(31,32)26(2)3)10-11-20(22)27-12-5-4-9-21(27)24(28)30/h6-8,10-11,13-14,21H,4-5,9,12,15-16H2,1-3H3,(H,25,29)/t21-/m1/s1. The first kappa shape index (κ1) is 23.3. The van der Waals surface area contributed by atoms with E-state index in [9.17, 15) is 18.0 Å². The fourth-order valence-corrected chi connectivity index (χ4v) is 5.42. The Balaban J connectivity index is 1.63. The molecule has 2 aromatic rings. The normalized spacial score (nSPS) is 18.2. The predicted octanol–water partition coefficient (Wildman–Crippen LogP) is 2.27. The van der Waals surface area contributed by atoms with Crippen molar-refractivity contribution in [1.29, 1.82) is 0 Å². The number of benzene rings is 2. The van der Waals surface area contributed by atoms with E-state index in [0.717, 1.165) is 46.9 Å². The molecule has 2 heterocycles. The summed E-state index contributed by atoms with van der Waals surface area (Å²) in [4.78, 5) is 29.8. The molecule has 1 atom stereocenters. The molecule has 9 heteroatoms. The lowest BCUT2D eigenvalue weighted by atomic mass is 9.96. The van der Waals surface area contributed by atoms with Gasteiger partial charge in [-0.05, 0) is 49.9 Å². The van der Waals surface area contributed by atoms with Gasteiger partial charge in [0, 0.05) is 27.2 Å². The minimum atomic E-state index is -3.68. The fourth-order valence-electron chi connectivity index (χ4n) is 4.49. The van der Waals surface area contributed by atoms with Crippen molar-refractivity contribution in [1.82, 2.24) is 9.62 Å². The number of sulfonamides is 1. The van der Waals surface area contributed by atoms with Crippen molar-refractivity contribution >= 4 is 33.2 Å². The molecule has 0 spiro atoms. The Bertz CT molecular complexity index is 1180. The highest BCUT2D eigenvalue weighted by atomic mass is 32.2. The maximum atomic E-state index is 13.4.